The highest BCUT2D eigenvalue weighted by atomic mass is 16.3. The van der Waals surface area contributed by atoms with Crippen LogP contribution >= 0.6 is 0 Å². The van der Waals surface area contributed by atoms with Crippen molar-refractivity contribution in [2.75, 3.05) is 13.1 Å². The third-order valence-corrected chi connectivity index (χ3v) is 5.77. The van der Waals surface area contributed by atoms with E-state index in [1.54, 1.807) is 0 Å². The average molecular weight is 253 g/mol. The van der Waals surface area contributed by atoms with Gasteiger partial charge in [0.15, 0.2) is 0 Å². The molecular weight excluding hydrogens is 222 g/mol. The minimum absolute atomic E-state index is 0.0664. The normalized spacial score (nSPS) is 34.2. The van der Waals surface area contributed by atoms with Gasteiger partial charge < -0.3 is 5.11 Å². The van der Waals surface area contributed by atoms with Gasteiger partial charge in [0.2, 0.25) is 0 Å². The Kier molecular flexibility index (Phi) is 5.08. The minimum atomic E-state index is -0.0664. The van der Waals surface area contributed by atoms with Crippen molar-refractivity contribution >= 4 is 0 Å². The van der Waals surface area contributed by atoms with Gasteiger partial charge in [0.05, 0.1) is 6.10 Å². The van der Waals surface area contributed by atoms with E-state index in [1.807, 2.05) is 0 Å². The molecule has 0 amide bonds. The van der Waals surface area contributed by atoms with Gasteiger partial charge in [-0.05, 0) is 44.2 Å². The van der Waals surface area contributed by atoms with Crippen molar-refractivity contribution < 1.29 is 5.11 Å². The Morgan fingerprint density at radius 1 is 1.00 bits per heavy atom. The van der Waals surface area contributed by atoms with Crippen LogP contribution in [0, 0.1) is 5.41 Å². The Morgan fingerprint density at radius 2 is 1.61 bits per heavy atom. The van der Waals surface area contributed by atoms with Crippen LogP contribution in [0.2, 0.25) is 0 Å². The van der Waals surface area contributed by atoms with Crippen molar-refractivity contribution in [1.82, 2.24) is 4.90 Å². The molecule has 2 fully saturated rings. The Balaban J connectivity index is 1.91. The smallest absolute Gasteiger partial charge is 0.0695 e. The summed E-state index contributed by atoms with van der Waals surface area (Å²) in [6.07, 6.45) is 11.3. The molecule has 0 aromatic heterocycles. The summed E-state index contributed by atoms with van der Waals surface area (Å²) >= 11 is 0. The quantitative estimate of drug-likeness (QED) is 0.777. The largest absolute Gasteiger partial charge is 0.391 e. The number of likely N-dealkylation sites (tertiary alicyclic amines) is 1. The third kappa shape index (κ3) is 3.08. The second kappa shape index (κ2) is 6.38. The molecule has 2 unspecified atom stereocenters. The zero-order valence-electron chi connectivity index (χ0n) is 12.3. The van der Waals surface area contributed by atoms with Crippen LogP contribution < -0.4 is 0 Å². The first-order chi connectivity index (χ1) is 8.71. The highest BCUT2D eigenvalue weighted by molar-refractivity contribution is 4.89. The van der Waals surface area contributed by atoms with Crippen LogP contribution in [0.3, 0.4) is 0 Å². The predicted molar refractivity (Wildman–Crippen MR) is 76.7 cm³/mol. The number of rotatable bonds is 3. The molecule has 1 N–H and O–H groups in total. The van der Waals surface area contributed by atoms with Crippen LogP contribution in [0.25, 0.3) is 0 Å². The van der Waals surface area contributed by atoms with E-state index in [9.17, 15) is 5.11 Å². The molecule has 2 atom stereocenters. The molecule has 2 rings (SSSR count). The lowest BCUT2D eigenvalue weighted by Crippen LogP contribution is -2.49. The number of nitrogens with zero attached hydrogens (tertiary/aromatic N) is 1. The molecule has 1 saturated heterocycles. The predicted octanol–water partition coefficient (Wildman–Crippen LogP) is 3.58. The first kappa shape index (κ1) is 14.3. The Hall–Kier alpha value is -0.0800. The molecule has 2 heteroatoms. The monoisotopic (exact) mass is 253 g/mol. The third-order valence-electron chi connectivity index (χ3n) is 5.77. The van der Waals surface area contributed by atoms with Gasteiger partial charge in [-0.25, -0.2) is 0 Å². The molecule has 1 aliphatic carbocycles. The minimum Gasteiger partial charge on any atom is -0.391 e. The summed E-state index contributed by atoms with van der Waals surface area (Å²) < 4.78 is 0. The maximum absolute atomic E-state index is 10.3. The molecule has 2 nitrogen and oxygen atoms in total. The molecule has 0 radical (unpaired) electrons. The summed E-state index contributed by atoms with van der Waals surface area (Å²) in [5.41, 5.74) is 0.603. The van der Waals surface area contributed by atoms with Crippen LogP contribution in [-0.2, 0) is 0 Å². The van der Waals surface area contributed by atoms with Crippen molar-refractivity contribution in [2.24, 2.45) is 5.41 Å². The van der Waals surface area contributed by atoms with Crippen molar-refractivity contribution in [3.63, 3.8) is 0 Å². The van der Waals surface area contributed by atoms with Crippen LogP contribution in [-0.4, -0.2) is 35.2 Å². The maximum Gasteiger partial charge on any atom is 0.0695 e. The number of aliphatic hydroxyl groups is 1. The highest BCUT2D eigenvalue weighted by Crippen LogP contribution is 2.39. The molecule has 18 heavy (non-hydrogen) atoms. The van der Waals surface area contributed by atoms with Crippen LogP contribution in [0.1, 0.15) is 71.6 Å². The molecule has 106 valence electrons. The summed E-state index contributed by atoms with van der Waals surface area (Å²) in [6, 6.07) is 0.458. The van der Waals surface area contributed by atoms with E-state index in [0.717, 1.165) is 6.42 Å². The van der Waals surface area contributed by atoms with Gasteiger partial charge in [-0.1, -0.05) is 46.0 Å². The molecule has 1 aliphatic heterocycles. The fourth-order valence-corrected chi connectivity index (χ4v) is 3.98. The van der Waals surface area contributed by atoms with Crippen LogP contribution in [0.15, 0.2) is 0 Å². The topological polar surface area (TPSA) is 23.5 Å². The van der Waals surface area contributed by atoms with Gasteiger partial charge >= 0.3 is 0 Å². The summed E-state index contributed by atoms with van der Waals surface area (Å²) in [5, 5.41) is 10.3. The van der Waals surface area contributed by atoms with E-state index in [1.165, 1.54) is 64.5 Å². The second-order valence-electron chi connectivity index (χ2n) is 6.52. The lowest BCUT2D eigenvalue weighted by molar-refractivity contribution is 0.00259. The molecule has 0 spiro atoms. The lowest BCUT2D eigenvalue weighted by atomic mass is 9.74. The molecule has 1 heterocycles. The maximum atomic E-state index is 10.3. The molecule has 2 aliphatic rings. The molecule has 0 aromatic rings. The lowest BCUT2D eigenvalue weighted by Gasteiger charge is -2.45. The van der Waals surface area contributed by atoms with E-state index in [4.69, 9.17) is 0 Å². The second-order valence-corrected chi connectivity index (χ2v) is 6.52. The average Bonchev–Trinajstić information content (AvgIpc) is 2.64. The van der Waals surface area contributed by atoms with Crippen molar-refractivity contribution in [3.8, 4) is 0 Å². The Labute approximate surface area is 113 Å². The number of hydrogen-bond donors (Lipinski definition) is 1. The first-order valence-corrected chi connectivity index (χ1v) is 8.13. The van der Waals surface area contributed by atoms with Gasteiger partial charge in [-0.3, -0.25) is 4.90 Å². The number of piperidine rings is 1. The standard InChI is InChI=1S/C16H31NO/c1-3-16(4-2)10-12-17(13-11-16)14-8-6-5-7-9-15(14)18/h14-15,18H,3-13H2,1-2H3. The van der Waals surface area contributed by atoms with Gasteiger partial charge in [0.25, 0.3) is 0 Å². The first-order valence-electron chi connectivity index (χ1n) is 8.13. The summed E-state index contributed by atoms with van der Waals surface area (Å²) in [6.45, 7) is 7.12. The van der Waals surface area contributed by atoms with E-state index in [2.05, 4.69) is 18.7 Å². The molecule has 0 aromatic carbocycles. The number of aliphatic hydroxyl groups excluding tert-OH is 1. The van der Waals surface area contributed by atoms with Gasteiger partial charge in [-0.2, -0.15) is 0 Å². The van der Waals surface area contributed by atoms with E-state index >= 15 is 0 Å². The van der Waals surface area contributed by atoms with E-state index in [0.29, 0.717) is 11.5 Å². The van der Waals surface area contributed by atoms with Crippen LogP contribution in [0.4, 0.5) is 0 Å². The summed E-state index contributed by atoms with van der Waals surface area (Å²) in [7, 11) is 0. The van der Waals surface area contributed by atoms with E-state index < -0.39 is 0 Å². The van der Waals surface area contributed by atoms with Gasteiger partial charge in [0.1, 0.15) is 0 Å². The fourth-order valence-electron chi connectivity index (χ4n) is 3.98. The van der Waals surface area contributed by atoms with Crippen molar-refractivity contribution in [1.29, 1.82) is 0 Å². The molecule has 0 bridgehead atoms. The SMILES string of the molecule is CCC1(CC)CCN(C2CCCCCC2O)CC1. The van der Waals surface area contributed by atoms with Crippen molar-refractivity contribution in [2.45, 2.75) is 83.8 Å². The van der Waals surface area contributed by atoms with E-state index in [-0.39, 0.29) is 6.10 Å². The fraction of sp³-hybridized carbons (Fsp3) is 1.00. The number of hydrogen-bond acceptors (Lipinski definition) is 2. The zero-order chi connectivity index (χ0) is 13.0. The van der Waals surface area contributed by atoms with Crippen molar-refractivity contribution in [3.05, 3.63) is 0 Å². The summed E-state index contributed by atoms with van der Waals surface area (Å²) in [4.78, 5) is 2.60. The molecule has 1 saturated carbocycles. The highest BCUT2D eigenvalue weighted by Gasteiger charge is 2.35. The van der Waals surface area contributed by atoms with Crippen LogP contribution in [0.5, 0.6) is 0 Å². The van der Waals surface area contributed by atoms with Gasteiger partial charge in [-0.15, -0.1) is 0 Å². The Bertz CT molecular complexity index is 239. The summed E-state index contributed by atoms with van der Waals surface area (Å²) in [5.74, 6) is 0. The van der Waals surface area contributed by atoms with Gasteiger partial charge in [0, 0.05) is 6.04 Å². The zero-order valence-corrected chi connectivity index (χ0v) is 12.3. The Morgan fingerprint density at radius 3 is 2.22 bits per heavy atom. The molecular formula is C16H31NO.